The zero-order chi connectivity index (χ0) is 14.0. The summed E-state index contributed by atoms with van der Waals surface area (Å²) in [6.45, 7) is 0. The minimum absolute atomic E-state index is 0.0421. The minimum atomic E-state index is -0.679. The summed E-state index contributed by atoms with van der Waals surface area (Å²) in [6.07, 6.45) is 0. The topological polar surface area (TPSA) is 91.2 Å². The number of amides is 1. The van der Waals surface area contributed by atoms with Crippen molar-refractivity contribution < 1.29 is 9.53 Å². The van der Waals surface area contributed by atoms with Crippen LogP contribution in [-0.2, 0) is 0 Å². The summed E-state index contributed by atoms with van der Waals surface area (Å²) < 4.78 is 5.45. The number of carbonyl (C=O) groups is 1. The third-order valence-corrected chi connectivity index (χ3v) is 2.79. The number of anilines is 1. The molecule has 0 aliphatic carbocycles. The molecular weight excluding hydrogens is 289 g/mol. The van der Waals surface area contributed by atoms with Crippen molar-refractivity contribution in [1.82, 2.24) is 4.98 Å². The Labute approximate surface area is 119 Å². The van der Waals surface area contributed by atoms with Gasteiger partial charge in [-0.25, -0.2) is 4.98 Å². The standard InChI is InChI=1S/C12H9Cl2N3O2/c13-6-1-2-7(14)10(5-6)19-12-8(15)3-4-9(17-12)11(16)18/h1-5H,15H2,(H2,16,18). The van der Waals surface area contributed by atoms with Crippen LogP contribution < -0.4 is 16.2 Å². The van der Waals surface area contributed by atoms with Gasteiger partial charge < -0.3 is 16.2 Å². The average Bonchev–Trinajstić information content (AvgIpc) is 2.36. The highest BCUT2D eigenvalue weighted by molar-refractivity contribution is 6.34. The molecule has 1 amide bonds. The summed E-state index contributed by atoms with van der Waals surface area (Å²) in [5.74, 6) is -0.350. The molecule has 1 aromatic carbocycles. The van der Waals surface area contributed by atoms with Crippen LogP contribution >= 0.6 is 23.2 Å². The predicted octanol–water partition coefficient (Wildman–Crippen LogP) is 2.86. The smallest absolute Gasteiger partial charge is 0.267 e. The van der Waals surface area contributed by atoms with Gasteiger partial charge in [-0.05, 0) is 24.3 Å². The molecule has 98 valence electrons. The highest BCUT2D eigenvalue weighted by Crippen LogP contribution is 2.33. The van der Waals surface area contributed by atoms with E-state index in [0.717, 1.165) is 0 Å². The molecule has 7 heteroatoms. The van der Waals surface area contributed by atoms with Crippen LogP contribution in [-0.4, -0.2) is 10.9 Å². The van der Waals surface area contributed by atoms with Crippen LogP contribution in [0, 0.1) is 0 Å². The van der Waals surface area contributed by atoms with E-state index in [1.807, 2.05) is 0 Å². The fourth-order valence-corrected chi connectivity index (χ4v) is 1.65. The van der Waals surface area contributed by atoms with E-state index in [0.29, 0.717) is 10.0 Å². The maximum absolute atomic E-state index is 11.1. The number of hydrogen-bond donors (Lipinski definition) is 2. The van der Waals surface area contributed by atoms with Crippen LogP contribution in [0.1, 0.15) is 10.5 Å². The molecule has 2 rings (SSSR count). The lowest BCUT2D eigenvalue weighted by atomic mass is 10.3. The number of pyridine rings is 1. The summed E-state index contributed by atoms with van der Waals surface area (Å²) >= 11 is 11.8. The van der Waals surface area contributed by atoms with Crippen LogP contribution in [0.4, 0.5) is 5.69 Å². The molecule has 0 unspecified atom stereocenters. The van der Waals surface area contributed by atoms with Gasteiger partial charge in [0.25, 0.3) is 5.91 Å². The third kappa shape index (κ3) is 3.07. The van der Waals surface area contributed by atoms with Crippen LogP contribution in [0.25, 0.3) is 0 Å². The molecule has 1 heterocycles. The molecule has 19 heavy (non-hydrogen) atoms. The van der Waals surface area contributed by atoms with E-state index in [9.17, 15) is 4.79 Å². The fraction of sp³-hybridized carbons (Fsp3) is 0. The van der Waals surface area contributed by atoms with E-state index in [4.69, 9.17) is 39.4 Å². The van der Waals surface area contributed by atoms with Crippen molar-refractivity contribution >= 4 is 34.8 Å². The number of hydrogen-bond acceptors (Lipinski definition) is 4. The van der Waals surface area contributed by atoms with Crippen molar-refractivity contribution in [3.05, 3.63) is 46.1 Å². The molecule has 0 aliphatic heterocycles. The van der Waals surface area contributed by atoms with E-state index >= 15 is 0 Å². The number of benzene rings is 1. The van der Waals surface area contributed by atoms with Gasteiger partial charge in [-0.2, -0.15) is 0 Å². The van der Waals surface area contributed by atoms with E-state index < -0.39 is 5.91 Å². The first-order valence-electron chi connectivity index (χ1n) is 5.16. The van der Waals surface area contributed by atoms with Crippen molar-refractivity contribution in [2.24, 2.45) is 5.73 Å². The van der Waals surface area contributed by atoms with Crippen molar-refractivity contribution in [2.45, 2.75) is 0 Å². The van der Waals surface area contributed by atoms with Crippen LogP contribution in [0.2, 0.25) is 10.0 Å². The van der Waals surface area contributed by atoms with Gasteiger partial charge in [-0.1, -0.05) is 23.2 Å². The number of nitrogen functional groups attached to an aromatic ring is 1. The average molecular weight is 298 g/mol. The molecule has 0 spiro atoms. The number of halogens is 2. The largest absolute Gasteiger partial charge is 0.435 e. The molecule has 0 fully saturated rings. The monoisotopic (exact) mass is 297 g/mol. The maximum atomic E-state index is 11.1. The second-order valence-corrected chi connectivity index (χ2v) is 4.48. The Kier molecular flexibility index (Phi) is 3.78. The van der Waals surface area contributed by atoms with Crippen molar-refractivity contribution in [3.63, 3.8) is 0 Å². The lowest BCUT2D eigenvalue weighted by Gasteiger charge is -2.09. The molecular formula is C12H9Cl2N3O2. The number of carbonyl (C=O) groups excluding carboxylic acids is 1. The van der Waals surface area contributed by atoms with Gasteiger partial charge in [0, 0.05) is 11.1 Å². The lowest BCUT2D eigenvalue weighted by molar-refractivity contribution is 0.0995. The van der Waals surface area contributed by atoms with Crippen LogP contribution in [0.3, 0.4) is 0 Å². The fourth-order valence-electron chi connectivity index (χ4n) is 1.33. The number of aromatic nitrogens is 1. The van der Waals surface area contributed by atoms with Gasteiger partial charge in [-0.3, -0.25) is 4.79 Å². The van der Waals surface area contributed by atoms with Gasteiger partial charge in [0.2, 0.25) is 5.88 Å². The summed E-state index contributed by atoms with van der Waals surface area (Å²) in [6, 6.07) is 7.59. The number of nitrogens with two attached hydrogens (primary N) is 2. The molecule has 0 atom stereocenters. The number of rotatable bonds is 3. The highest BCUT2D eigenvalue weighted by atomic mass is 35.5. The van der Waals surface area contributed by atoms with E-state index in [1.54, 1.807) is 12.1 Å². The zero-order valence-electron chi connectivity index (χ0n) is 9.56. The molecule has 1 aromatic heterocycles. The Morgan fingerprint density at radius 1 is 1.21 bits per heavy atom. The van der Waals surface area contributed by atoms with Gasteiger partial charge in [-0.15, -0.1) is 0 Å². The Hall–Kier alpha value is -1.98. The number of ether oxygens (including phenoxy) is 1. The van der Waals surface area contributed by atoms with Gasteiger partial charge in [0.1, 0.15) is 11.4 Å². The minimum Gasteiger partial charge on any atom is -0.435 e. The normalized spacial score (nSPS) is 10.2. The second kappa shape index (κ2) is 5.34. The quantitative estimate of drug-likeness (QED) is 0.911. The first-order valence-corrected chi connectivity index (χ1v) is 5.92. The third-order valence-electron chi connectivity index (χ3n) is 2.24. The first-order chi connectivity index (χ1) is 8.97. The number of primary amides is 1. The SMILES string of the molecule is NC(=O)c1ccc(N)c(Oc2cc(Cl)ccc2Cl)n1. The molecule has 0 aliphatic rings. The van der Waals surface area contributed by atoms with Crippen molar-refractivity contribution in [2.75, 3.05) is 5.73 Å². The molecule has 0 saturated carbocycles. The number of nitrogens with zero attached hydrogens (tertiary/aromatic N) is 1. The van der Waals surface area contributed by atoms with Gasteiger partial charge in [0.05, 0.1) is 10.7 Å². The Balaban J connectivity index is 2.40. The summed E-state index contributed by atoms with van der Waals surface area (Å²) in [7, 11) is 0. The van der Waals surface area contributed by atoms with Gasteiger partial charge >= 0.3 is 0 Å². The van der Waals surface area contributed by atoms with E-state index in [2.05, 4.69) is 4.98 Å². The van der Waals surface area contributed by atoms with Crippen molar-refractivity contribution in [1.29, 1.82) is 0 Å². The zero-order valence-corrected chi connectivity index (χ0v) is 11.1. The Morgan fingerprint density at radius 2 is 1.95 bits per heavy atom. The van der Waals surface area contributed by atoms with Crippen LogP contribution in [0.5, 0.6) is 11.6 Å². The van der Waals surface area contributed by atoms with Gasteiger partial charge in [0.15, 0.2) is 0 Å². The van der Waals surface area contributed by atoms with E-state index in [-0.39, 0.29) is 23.0 Å². The molecule has 2 aromatic rings. The molecule has 5 nitrogen and oxygen atoms in total. The van der Waals surface area contributed by atoms with Crippen LogP contribution in [0.15, 0.2) is 30.3 Å². The summed E-state index contributed by atoms with van der Waals surface area (Å²) in [4.78, 5) is 15.0. The van der Waals surface area contributed by atoms with E-state index in [1.165, 1.54) is 18.2 Å². The Morgan fingerprint density at radius 3 is 2.63 bits per heavy atom. The highest BCUT2D eigenvalue weighted by Gasteiger charge is 2.11. The Bertz CT molecular complexity index is 647. The van der Waals surface area contributed by atoms with Crippen molar-refractivity contribution in [3.8, 4) is 11.6 Å². The predicted molar refractivity (Wildman–Crippen MR) is 73.7 cm³/mol. The lowest BCUT2D eigenvalue weighted by Crippen LogP contribution is -2.13. The second-order valence-electron chi connectivity index (χ2n) is 3.63. The summed E-state index contributed by atoms with van der Waals surface area (Å²) in [5.41, 5.74) is 11.1. The molecule has 0 bridgehead atoms. The first kappa shape index (κ1) is 13.5. The molecule has 0 saturated heterocycles. The summed E-state index contributed by atoms with van der Waals surface area (Å²) in [5, 5.41) is 0.791. The molecule has 0 radical (unpaired) electrons. The molecule has 4 N–H and O–H groups in total. The maximum Gasteiger partial charge on any atom is 0.267 e.